The van der Waals surface area contributed by atoms with E-state index in [0.717, 1.165) is 6.07 Å². The van der Waals surface area contributed by atoms with E-state index in [1.807, 2.05) is 20.8 Å². The molecule has 0 saturated carbocycles. The van der Waals surface area contributed by atoms with E-state index in [4.69, 9.17) is 10.5 Å². The zero-order valence-electron chi connectivity index (χ0n) is 11.8. The van der Waals surface area contributed by atoms with Crippen molar-refractivity contribution < 1.29 is 13.9 Å². The molecule has 0 fully saturated rings. The van der Waals surface area contributed by atoms with E-state index in [2.05, 4.69) is 5.32 Å². The number of nitrogens with two attached hydrogens (primary N) is 1. The highest BCUT2D eigenvalue weighted by atomic mass is 19.1. The quantitative estimate of drug-likeness (QED) is 0.877. The Morgan fingerprint density at radius 1 is 1.47 bits per heavy atom. The van der Waals surface area contributed by atoms with Crippen LogP contribution in [-0.2, 0) is 0 Å². The van der Waals surface area contributed by atoms with Crippen LogP contribution in [0.3, 0.4) is 0 Å². The Balaban J connectivity index is 2.86. The summed E-state index contributed by atoms with van der Waals surface area (Å²) >= 11 is 0. The fraction of sp³-hybridized carbons (Fsp3) is 0.500. The predicted molar refractivity (Wildman–Crippen MR) is 72.7 cm³/mol. The molecule has 19 heavy (non-hydrogen) atoms. The Bertz CT molecular complexity index is 455. The summed E-state index contributed by atoms with van der Waals surface area (Å²) in [6.07, 6.45) is 0. The van der Waals surface area contributed by atoms with Gasteiger partial charge in [0.25, 0.3) is 5.91 Å². The standard InChI is InChI=1S/C14H21FN2O2/c1-14(2,3)12(8-16)17-13(18)9-5-6-11(19-4)10(15)7-9/h5-7,12H,8,16H2,1-4H3,(H,17,18). The number of halogens is 1. The van der Waals surface area contributed by atoms with Gasteiger partial charge in [0.05, 0.1) is 7.11 Å². The Morgan fingerprint density at radius 2 is 2.11 bits per heavy atom. The van der Waals surface area contributed by atoms with Crippen molar-refractivity contribution >= 4 is 5.91 Å². The molecule has 0 spiro atoms. The second-order valence-electron chi connectivity index (χ2n) is 5.48. The van der Waals surface area contributed by atoms with Gasteiger partial charge in [0.2, 0.25) is 0 Å². The van der Waals surface area contributed by atoms with Crippen LogP contribution in [-0.4, -0.2) is 25.6 Å². The SMILES string of the molecule is COc1ccc(C(=O)NC(CN)C(C)(C)C)cc1F. The highest BCUT2D eigenvalue weighted by Gasteiger charge is 2.25. The number of nitrogens with one attached hydrogen (secondary N) is 1. The number of rotatable bonds is 4. The van der Waals surface area contributed by atoms with Crippen molar-refractivity contribution in [1.82, 2.24) is 5.32 Å². The molecule has 1 aromatic carbocycles. The largest absolute Gasteiger partial charge is 0.494 e. The Hall–Kier alpha value is -1.62. The monoisotopic (exact) mass is 268 g/mol. The normalized spacial score (nSPS) is 12.9. The lowest BCUT2D eigenvalue weighted by molar-refractivity contribution is 0.0905. The molecule has 0 aliphatic rings. The molecule has 106 valence electrons. The van der Waals surface area contributed by atoms with E-state index in [1.54, 1.807) is 0 Å². The second kappa shape index (κ2) is 6.02. The molecule has 0 radical (unpaired) electrons. The molecule has 1 rings (SSSR count). The minimum atomic E-state index is -0.560. The van der Waals surface area contributed by atoms with Crippen LogP contribution in [0.15, 0.2) is 18.2 Å². The fourth-order valence-electron chi connectivity index (χ4n) is 1.68. The average molecular weight is 268 g/mol. The van der Waals surface area contributed by atoms with Gasteiger partial charge in [-0.1, -0.05) is 20.8 Å². The van der Waals surface area contributed by atoms with Crippen molar-refractivity contribution in [1.29, 1.82) is 0 Å². The molecule has 1 unspecified atom stereocenters. The summed E-state index contributed by atoms with van der Waals surface area (Å²) < 4.78 is 18.3. The zero-order chi connectivity index (χ0) is 14.6. The van der Waals surface area contributed by atoms with E-state index in [0.29, 0.717) is 6.54 Å². The number of carbonyl (C=O) groups is 1. The second-order valence-corrected chi connectivity index (χ2v) is 5.48. The summed E-state index contributed by atoms with van der Waals surface area (Å²) in [6, 6.07) is 3.93. The van der Waals surface area contributed by atoms with E-state index < -0.39 is 5.82 Å². The summed E-state index contributed by atoms with van der Waals surface area (Å²) in [5.74, 6) is -0.787. The minimum absolute atomic E-state index is 0.114. The number of methoxy groups -OCH3 is 1. The maximum atomic E-state index is 13.5. The Morgan fingerprint density at radius 3 is 2.53 bits per heavy atom. The zero-order valence-corrected chi connectivity index (χ0v) is 11.8. The Kier molecular flexibility index (Phi) is 4.89. The molecule has 3 N–H and O–H groups in total. The maximum absolute atomic E-state index is 13.5. The number of carbonyl (C=O) groups excluding carboxylic acids is 1. The number of hydrogen-bond donors (Lipinski definition) is 2. The van der Waals surface area contributed by atoms with Crippen LogP contribution in [0.5, 0.6) is 5.75 Å². The summed E-state index contributed by atoms with van der Waals surface area (Å²) in [6.45, 7) is 6.28. The third-order valence-corrected chi connectivity index (χ3v) is 3.00. The lowest BCUT2D eigenvalue weighted by Crippen LogP contribution is -2.48. The van der Waals surface area contributed by atoms with Crippen molar-refractivity contribution in [2.45, 2.75) is 26.8 Å². The van der Waals surface area contributed by atoms with Gasteiger partial charge in [-0.25, -0.2) is 4.39 Å². The molecule has 4 nitrogen and oxygen atoms in total. The van der Waals surface area contributed by atoms with E-state index in [1.165, 1.54) is 19.2 Å². The molecule has 0 aliphatic heterocycles. The number of benzene rings is 1. The topological polar surface area (TPSA) is 64.3 Å². The van der Waals surface area contributed by atoms with Crippen LogP contribution in [0.2, 0.25) is 0 Å². The highest BCUT2D eigenvalue weighted by Crippen LogP contribution is 2.20. The molecule has 0 aliphatic carbocycles. The van der Waals surface area contributed by atoms with Crippen LogP contribution in [0.4, 0.5) is 4.39 Å². The molecule has 1 amide bonds. The highest BCUT2D eigenvalue weighted by molar-refractivity contribution is 5.94. The van der Waals surface area contributed by atoms with Gasteiger partial charge in [-0.2, -0.15) is 0 Å². The summed E-state index contributed by atoms with van der Waals surface area (Å²) in [5, 5.41) is 2.82. The fourth-order valence-corrected chi connectivity index (χ4v) is 1.68. The third kappa shape index (κ3) is 3.92. The maximum Gasteiger partial charge on any atom is 0.251 e. The van der Waals surface area contributed by atoms with Crippen molar-refractivity contribution in [2.24, 2.45) is 11.1 Å². The van der Waals surface area contributed by atoms with Crippen LogP contribution >= 0.6 is 0 Å². The van der Waals surface area contributed by atoms with E-state index >= 15 is 0 Å². The smallest absolute Gasteiger partial charge is 0.251 e. The first-order valence-electron chi connectivity index (χ1n) is 6.14. The van der Waals surface area contributed by atoms with E-state index in [-0.39, 0.29) is 28.7 Å². The lowest BCUT2D eigenvalue weighted by atomic mass is 9.86. The van der Waals surface area contributed by atoms with Crippen molar-refractivity contribution in [2.75, 3.05) is 13.7 Å². The summed E-state index contributed by atoms with van der Waals surface area (Å²) in [5.41, 5.74) is 5.75. The Labute approximate surface area is 113 Å². The first kappa shape index (κ1) is 15.4. The van der Waals surface area contributed by atoms with Crippen LogP contribution < -0.4 is 15.8 Å². The minimum Gasteiger partial charge on any atom is -0.494 e. The van der Waals surface area contributed by atoms with Gasteiger partial charge in [0.15, 0.2) is 11.6 Å². The van der Waals surface area contributed by atoms with Crippen molar-refractivity contribution in [3.8, 4) is 5.75 Å². The van der Waals surface area contributed by atoms with Gasteiger partial charge >= 0.3 is 0 Å². The van der Waals surface area contributed by atoms with Gasteiger partial charge < -0.3 is 15.8 Å². The van der Waals surface area contributed by atoms with Gasteiger partial charge in [-0.3, -0.25) is 4.79 Å². The molecular weight excluding hydrogens is 247 g/mol. The molecule has 1 atom stereocenters. The predicted octanol–water partition coefficient (Wildman–Crippen LogP) is 1.94. The lowest BCUT2D eigenvalue weighted by Gasteiger charge is -2.30. The van der Waals surface area contributed by atoms with Gasteiger partial charge in [-0.05, 0) is 23.6 Å². The van der Waals surface area contributed by atoms with Crippen LogP contribution in [0.1, 0.15) is 31.1 Å². The van der Waals surface area contributed by atoms with Crippen LogP contribution in [0, 0.1) is 11.2 Å². The average Bonchev–Trinajstić information content (AvgIpc) is 2.34. The summed E-state index contributed by atoms with van der Waals surface area (Å²) in [4.78, 5) is 12.0. The van der Waals surface area contributed by atoms with Crippen molar-refractivity contribution in [3.05, 3.63) is 29.6 Å². The van der Waals surface area contributed by atoms with Crippen LogP contribution in [0.25, 0.3) is 0 Å². The molecule has 1 aromatic rings. The molecule has 0 aromatic heterocycles. The van der Waals surface area contributed by atoms with Gasteiger partial charge in [0.1, 0.15) is 0 Å². The first-order chi connectivity index (χ1) is 8.79. The molecule has 0 saturated heterocycles. The van der Waals surface area contributed by atoms with Gasteiger partial charge in [0, 0.05) is 18.2 Å². The van der Waals surface area contributed by atoms with Crippen molar-refractivity contribution in [3.63, 3.8) is 0 Å². The van der Waals surface area contributed by atoms with E-state index in [9.17, 15) is 9.18 Å². The molecule has 0 bridgehead atoms. The number of ether oxygens (including phenoxy) is 1. The number of amides is 1. The molecular formula is C14H21FN2O2. The first-order valence-corrected chi connectivity index (χ1v) is 6.14. The summed E-state index contributed by atoms with van der Waals surface area (Å²) in [7, 11) is 1.38. The molecule has 5 heteroatoms. The van der Waals surface area contributed by atoms with Gasteiger partial charge in [-0.15, -0.1) is 0 Å². The number of hydrogen-bond acceptors (Lipinski definition) is 3. The third-order valence-electron chi connectivity index (χ3n) is 3.00. The molecule has 0 heterocycles.